The Bertz CT molecular complexity index is 1800. The first-order valence-electron chi connectivity index (χ1n) is 15.5. The van der Waals surface area contributed by atoms with Crippen LogP contribution in [0.2, 0.25) is 0 Å². The number of ether oxygens (including phenoxy) is 3. The molecule has 0 saturated carbocycles. The summed E-state index contributed by atoms with van der Waals surface area (Å²) in [6.07, 6.45) is 0.205. The van der Waals surface area contributed by atoms with Gasteiger partial charge in [-0.3, -0.25) is 13.9 Å². The van der Waals surface area contributed by atoms with Gasteiger partial charge in [0.15, 0.2) is 11.5 Å². The maximum atomic E-state index is 14.7. The number of methoxy groups -OCH3 is 3. The molecule has 254 valence electrons. The van der Waals surface area contributed by atoms with Gasteiger partial charge in [-0.2, -0.15) is 0 Å². The lowest BCUT2D eigenvalue weighted by molar-refractivity contribution is -0.140. The monoisotopic (exact) mass is 673 g/mol. The Hall–Kier alpha value is -5.03. The highest BCUT2D eigenvalue weighted by molar-refractivity contribution is 7.92. The lowest BCUT2D eigenvalue weighted by atomic mass is 10.0. The van der Waals surface area contributed by atoms with Crippen LogP contribution in [-0.4, -0.2) is 65.1 Å². The summed E-state index contributed by atoms with van der Waals surface area (Å²) in [4.78, 5) is 30.0. The van der Waals surface area contributed by atoms with Crippen molar-refractivity contribution in [2.45, 2.75) is 50.7 Å². The van der Waals surface area contributed by atoms with Crippen LogP contribution in [0.3, 0.4) is 0 Å². The topological polar surface area (TPSA) is 114 Å². The lowest BCUT2D eigenvalue weighted by Crippen LogP contribution is -2.54. The van der Waals surface area contributed by atoms with Crippen LogP contribution in [0.1, 0.15) is 30.5 Å². The van der Waals surface area contributed by atoms with E-state index in [2.05, 4.69) is 5.32 Å². The van der Waals surface area contributed by atoms with Crippen molar-refractivity contribution < 1.29 is 32.2 Å². The fourth-order valence-corrected chi connectivity index (χ4v) is 6.65. The van der Waals surface area contributed by atoms with E-state index in [0.29, 0.717) is 17.1 Å². The van der Waals surface area contributed by atoms with Crippen molar-refractivity contribution in [2.75, 3.05) is 32.2 Å². The molecule has 10 nitrogen and oxygen atoms in total. The summed E-state index contributed by atoms with van der Waals surface area (Å²) >= 11 is 0. The molecule has 0 unspecified atom stereocenters. The van der Waals surface area contributed by atoms with Crippen LogP contribution in [0.5, 0.6) is 17.2 Å². The van der Waals surface area contributed by atoms with E-state index in [4.69, 9.17) is 14.2 Å². The highest BCUT2D eigenvalue weighted by Gasteiger charge is 2.35. The molecule has 0 spiro atoms. The SMILES string of the molecule is COc1cccc(CN(C(=O)CN(c2ccc(OC)c(OC)c2)S(=O)(=O)c2ccc(C)cc2)[C@@H](Cc2ccccc2)C(=O)NC(C)C)c1. The molecule has 1 N–H and O–H groups in total. The molecular weight excluding hydrogens is 630 g/mol. The second-order valence-corrected chi connectivity index (χ2v) is 13.5. The summed E-state index contributed by atoms with van der Waals surface area (Å²) in [6, 6.07) is 26.5. The summed E-state index contributed by atoms with van der Waals surface area (Å²) < 4.78 is 46.0. The van der Waals surface area contributed by atoms with Crippen LogP contribution < -0.4 is 23.8 Å². The molecule has 4 aromatic rings. The van der Waals surface area contributed by atoms with E-state index in [1.165, 1.54) is 37.3 Å². The fourth-order valence-electron chi connectivity index (χ4n) is 5.25. The molecule has 4 rings (SSSR count). The smallest absolute Gasteiger partial charge is 0.264 e. The summed E-state index contributed by atoms with van der Waals surface area (Å²) in [6.45, 7) is 4.97. The zero-order chi connectivity index (χ0) is 34.8. The zero-order valence-corrected chi connectivity index (χ0v) is 29.0. The summed E-state index contributed by atoms with van der Waals surface area (Å²) in [5.41, 5.74) is 2.62. The predicted octanol–water partition coefficient (Wildman–Crippen LogP) is 5.38. The number of carbonyl (C=O) groups is 2. The van der Waals surface area contributed by atoms with E-state index in [1.807, 2.05) is 57.2 Å². The Labute approximate surface area is 283 Å². The molecule has 0 aromatic heterocycles. The van der Waals surface area contributed by atoms with E-state index >= 15 is 0 Å². The van der Waals surface area contributed by atoms with Crippen molar-refractivity contribution in [3.63, 3.8) is 0 Å². The molecule has 0 heterocycles. The molecule has 2 amide bonds. The molecule has 0 radical (unpaired) electrons. The summed E-state index contributed by atoms with van der Waals surface area (Å²) in [5, 5.41) is 2.96. The second-order valence-electron chi connectivity index (χ2n) is 11.6. The number of amides is 2. The number of hydrogen-bond acceptors (Lipinski definition) is 7. The average molecular weight is 674 g/mol. The number of aryl methyl sites for hydroxylation is 1. The minimum Gasteiger partial charge on any atom is -0.497 e. The van der Waals surface area contributed by atoms with Gasteiger partial charge in [0.1, 0.15) is 18.3 Å². The number of benzene rings is 4. The molecule has 0 aliphatic carbocycles. The average Bonchev–Trinajstić information content (AvgIpc) is 3.08. The standard InChI is InChI=1S/C37H43N3O7S/c1-26(2)38-37(42)33(22-28-11-8-7-9-12-28)39(24-29-13-10-14-31(21-29)45-4)36(41)25-40(30-17-20-34(46-5)35(23-30)47-6)48(43,44)32-18-15-27(3)16-19-32/h7-21,23,26,33H,22,24-25H2,1-6H3,(H,38,42)/t33-/m0/s1. The number of rotatable bonds is 15. The number of nitrogens with zero attached hydrogens (tertiary/aromatic N) is 2. The van der Waals surface area contributed by atoms with Crippen LogP contribution in [-0.2, 0) is 32.6 Å². The van der Waals surface area contributed by atoms with Gasteiger partial charge in [0.25, 0.3) is 10.0 Å². The Morgan fingerprint density at radius 2 is 1.44 bits per heavy atom. The first-order chi connectivity index (χ1) is 23.0. The van der Waals surface area contributed by atoms with E-state index in [-0.39, 0.29) is 41.2 Å². The van der Waals surface area contributed by atoms with Crippen LogP contribution >= 0.6 is 0 Å². The quantitative estimate of drug-likeness (QED) is 0.180. The van der Waals surface area contributed by atoms with Crippen molar-refractivity contribution in [3.05, 3.63) is 114 Å². The Morgan fingerprint density at radius 3 is 2.06 bits per heavy atom. The molecule has 48 heavy (non-hydrogen) atoms. The summed E-state index contributed by atoms with van der Waals surface area (Å²) in [7, 11) is 0.193. The number of carbonyl (C=O) groups excluding carboxylic acids is 2. The van der Waals surface area contributed by atoms with Crippen LogP contribution in [0.4, 0.5) is 5.69 Å². The Morgan fingerprint density at radius 1 is 0.771 bits per heavy atom. The molecule has 4 aromatic carbocycles. The van der Waals surface area contributed by atoms with Gasteiger partial charge in [-0.1, -0.05) is 60.2 Å². The maximum Gasteiger partial charge on any atom is 0.264 e. The van der Waals surface area contributed by atoms with Gasteiger partial charge in [0, 0.05) is 25.1 Å². The van der Waals surface area contributed by atoms with E-state index in [0.717, 1.165) is 15.4 Å². The van der Waals surface area contributed by atoms with Gasteiger partial charge in [-0.15, -0.1) is 0 Å². The van der Waals surface area contributed by atoms with Gasteiger partial charge in [-0.25, -0.2) is 8.42 Å². The molecular formula is C37H43N3O7S. The third-order valence-corrected chi connectivity index (χ3v) is 9.52. The lowest BCUT2D eigenvalue weighted by Gasteiger charge is -2.34. The zero-order valence-electron chi connectivity index (χ0n) is 28.2. The first-order valence-corrected chi connectivity index (χ1v) is 17.0. The molecule has 1 atom stereocenters. The molecule has 0 bridgehead atoms. The van der Waals surface area contributed by atoms with Crippen molar-refractivity contribution in [3.8, 4) is 17.2 Å². The largest absolute Gasteiger partial charge is 0.497 e. The highest BCUT2D eigenvalue weighted by Crippen LogP contribution is 2.34. The molecule has 0 fully saturated rings. The second kappa shape index (κ2) is 16.2. The van der Waals surface area contributed by atoms with Crippen LogP contribution in [0.15, 0.2) is 102 Å². The third-order valence-electron chi connectivity index (χ3n) is 7.73. The van der Waals surface area contributed by atoms with Gasteiger partial charge in [0.2, 0.25) is 11.8 Å². The number of nitrogens with one attached hydrogen (secondary N) is 1. The van der Waals surface area contributed by atoms with Crippen molar-refractivity contribution in [1.29, 1.82) is 0 Å². The number of hydrogen-bond donors (Lipinski definition) is 1. The molecule has 0 aliphatic heterocycles. The predicted molar refractivity (Wildman–Crippen MR) is 186 cm³/mol. The van der Waals surface area contributed by atoms with Crippen molar-refractivity contribution in [1.82, 2.24) is 10.2 Å². The van der Waals surface area contributed by atoms with Crippen LogP contribution in [0.25, 0.3) is 0 Å². The number of anilines is 1. The number of sulfonamides is 1. The first kappa shape index (κ1) is 35.8. The van der Waals surface area contributed by atoms with Crippen LogP contribution in [0, 0.1) is 6.92 Å². The van der Waals surface area contributed by atoms with Gasteiger partial charge < -0.3 is 24.4 Å². The highest BCUT2D eigenvalue weighted by atomic mass is 32.2. The molecule has 11 heteroatoms. The van der Waals surface area contributed by atoms with Gasteiger partial charge in [0.05, 0.1) is 31.9 Å². The molecule has 0 aliphatic rings. The minimum atomic E-state index is -4.28. The summed E-state index contributed by atoms with van der Waals surface area (Å²) in [5.74, 6) is 0.332. The Balaban J connectivity index is 1.85. The normalized spacial score (nSPS) is 11.8. The van der Waals surface area contributed by atoms with Crippen molar-refractivity contribution in [2.24, 2.45) is 0 Å². The van der Waals surface area contributed by atoms with Crippen molar-refractivity contribution >= 4 is 27.5 Å². The van der Waals surface area contributed by atoms with Gasteiger partial charge in [-0.05, 0) is 68.3 Å². The van der Waals surface area contributed by atoms with E-state index in [9.17, 15) is 18.0 Å². The van der Waals surface area contributed by atoms with E-state index in [1.54, 1.807) is 49.6 Å². The maximum absolute atomic E-state index is 14.7. The molecule has 0 saturated heterocycles. The Kier molecular flexibility index (Phi) is 12.1. The van der Waals surface area contributed by atoms with E-state index < -0.39 is 28.5 Å². The third kappa shape index (κ3) is 8.86. The van der Waals surface area contributed by atoms with Gasteiger partial charge >= 0.3 is 0 Å². The minimum absolute atomic E-state index is 0.00779. The fraction of sp³-hybridized carbons (Fsp3) is 0.297.